The molecule has 0 aliphatic heterocycles. The standard InChI is InChI=1S/C8H19As/c1-6-9(7-2)8(3,4)5/h6-7H2,1-5H3. The van der Waals surface area contributed by atoms with E-state index < -0.39 is 14.7 Å². The predicted molar refractivity (Wildman–Crippen MR) is 46.4 cm³/mol. The number of hydrogen-bond acceptors (Lipinski definition) is 0. The molecule has 0 N–H and O–H groups in total. The van der Waals surface area contributed by atoms with E-state index in [1.165, 1.54) is 10.4 Å². The molecule has 0 saturated heterocycles. The Kier molecular flexibility index (Phi) is 3.89. The third-order valence-electron chi connectivity index (χ3n) is 1.71. The van der Waals surface area contributed by atoms with E-state index in [9.17, 15) is 0 Å². The molecule has 0 radical (unpaired) electrons. The van der Waals surface area contributed by atoms with Crippen LogP contribution in [0, 0.1) is 0 Å². The van der Waals surface area contributed by atoms with Gasteiger partial charge >= 0.3 is 63.9 Å². The molecule has 0 aliphatic carbocycles. The van der Waals surface area contributed by atoms with E-state index in [1.54, 1.807) is 0 Å². The summed E-state index contributed by atoms with van der Waals surface area (Å²) in [5, 5.41) is 2.93. The monoisotopic (exact) mass is 190 g/mol. The Morgan fingerprint density at radius 3 is 1.33 bits per heavy atom. The van der Waals surface area contributed by atoms with Crippen molar-refractivity contribution in [1.29, 1.82) is 0 Å². The van der Waals surface area contributed by atoms with Crippen molar-refractivity contribution in [3.63, 3.8) is 0 Å². The van der Waals surface area contributed by atoms with Crippen LogP contribution in [0.5, 0.6) is 0 Å². The van der Waals surface area contributed by atoms with Crippen molar-refractivity contribution in [2.24, 2.45) is 0 Å². The van der Waals surface area contributed by atoms with Crippen molar-refractivity contribution in [2.45, 2.75) is 49.2 Å². The minimum absolute atomic E-state index is 0.444. The predicted octanol–water partition coefficient (Wildman–Crippen LogP) is 3.32. The van der Waals surface area contributed by atoms with Crippen LogP contribution in [0.15, 0.2) is 0 Å². The second-order valence-electron chi connectivity index (χ2n) is 3.34. The summed E-state index contributed by atoms with van der Waals surface area (Å²) >= 11 is -0.444. The summed E-state index contributed by atoms with van der Waals surface area (Å²) in [6.45, 7) is 11.9. The summed E-state index contributed by atoms with van der Waals surface area (Å²) in [5.74, 6) is 0. The first-order valence-electron chi connectivity index (χ1n) is 3.77. The van der Waals surface area contributed by atoms with Crippen molar-refractivity contribution >= 4 is 14.7 Å². The van der Waals surface area contributed by atoms with Gasteiger partial charge in [-0.15, -0.1) is 0 Å². The van der Waals surface area contributed by atoms with Gasteiger partial charge in [0.15, 0.2) is 0 Å². The van der Waals surface area contributed by atoms with Crippen LogP contribution >= 0.6 is 0 Å². The summed E-state index contributed by atoms with van der Waals surface area (Å²) in [4.78, 5) is 0. The van der Waals surface area contributed by atoms with Gasteiger partial charge < -0.3 is 0 Å². The zero-order valence-corrected chi connectivity index (χ0v) is 9.24. The first-order chi connectivity index (χ1) is 4.02. The Morgan fingerprint density at radius 2 is 1.33 bits per heavy atom. The topological polar surface area (TPSA) is 0 Å². The van der Waals surface area contributed by atoms with E-state index in [0.29, 0.717) is 4.20 Å². The van der Waals surface area contributed by atoms with Crippen molar-refractivity contribution in [3.05, 3.63) is 0 Å². The van der Waals surface area contributed by atoms with Crippen molar-refractivity contribution < 1.29 is 0 Å². The van der Waals surface area contributed by atoms with Gasteiger partial charge in [-0.05, 0) is 0 Å². The molecule has 0 atom stereocenters. The van der Waals surface area contributed by atoms with E-state index in [4.69, 9.17) is 0 Å². The van der Waals surface area contributed by atoms with E-state index in [0.717, 1.165) is 0 Å². The molecule has 56 valence electrons. The number of rotatable bonds is 2. The van der Waals surface area contributed by atoms with Gasteiger partial charge in [0.25, 0.3) is 0 Å². The molecule has 9 heavy (non-hydrogen) atoms. The van der Waals surface area contributed by atoms with Gasteiger partial charge in [0.2, 0.25) is 0 Å². The summed E-state index contributed by atoms with van der Waals surface area (Å²) in [6, 6.07) is 0. The van der Waals surface area contributed by atoms with E-state index >= 15 is 0 Å². The molecule has 0 unspecified atom stereocenters. The molecule has 0 bridgehead atoms. The molecule has 1 heteroatoms. The average molecular weight is 190 g/mol. The Balaban J connectivity index is 3.79. The molecule has 0 aliphatic rings. The molecule has 0 spiro atoms. The van der Waals surface area contributed by atoms with Crippen LogP contribution in [0.2, 0.25) is 14.6 Å². The zero-order chi connectivity index (χ0) is 7.49. The van der Waals surface area contributed by atoms with Gasteiger partial charge in [0, 0.05) is 0 Å². The van der Waals surface area contributed by atoms with E-state index in [2.05, 4.69) is 34.6 Å². The van der Waals surface area contributed by atoms with Crippen LogP contribution in [0.3, 0.4) is 0 Å². The molecule has 0 nitrogen and oxygen atoms in total. The molecule has 0 heterocycles. The maximum atomic E-state index is 2.39. The van der Waals surface area contributed by atoms with Gasteiger partial charge in [0.1, 0.15) is 0 Å². The van der Waals surface area contributed by atoms with Gasteiger partial charge in [0.05, 0.1) is 0 Å². The molecule has 0 saturated carbocycles. The fourth-order valence-corrected chi connectivity index (χ4v) is 6.09. The fraction of sp³-hybridized carbons (Fsp3) is 1.00. The Hall–Kier alpha value is 0.558. The Morgan fingerprint density at radius 1 is 1.00 bits per heavy atom. The van der Waals surface area contributed by atoms with Gasteiger partial charge in [-0.25, -0.2) is 0 Å². The summed E-state index contributed by atoms with van der Waals surface area (Å²) < 4.78 is 0.663. The molecule has 0 amide bonds. The quantitative estimate of drug-likeness (QED) is 0.586. The SMILES string of the molecule is CC[As](CC)C(C)(C)C. The second kappa shape index (κ2) is 3.66. The third kappa shape index (κ3) is 3.30. The van der Waals surface area contributed by atoms with E-state index in [-0.39, 0.29) is 0 Å². The Bertz CT molecular complexity index is 67.1. The second-order valence-corrected chi connectivity index (χ2v) is 11.1. The average Bonchev–Trinajstić information content (AvgIpc) is 1.65. The van der Waals surface area contributed by atoms with Crippen LogP contribution in [0.1, 0.15) is 34.6 Å². The van der Waals surface area contributed by atoms with E-state index in [1.807, 2.05) is 0 Å². The number of hydrogen-bond donors (Lipinski definition) is 0. The molecule has 0 rings (SSSR count). The first-order valence-corrected chi connectivity index (χ1v) is 7.36. The van der Waals surface area contributed by atoms with Gasteiger partial charge in [-0.2, -0.15) is 0 Å². The maximum absolute atomic E-state index is 2.39. The molecule has 0 fully saturated rings. The summed E-state index contributed by atoms with van der Waals surface area (Å²) in [5.41, 5.74) is 0. The third-order valence-corrected chi connectivity index (χ3v) is 8.90. The molecule has 0 aromatic rings. The molecular weight excluding hydrogens is 171 g/mol. The zero-order valence-electron chi connectivity index (χ0n) is 7.36. The molecule has 0 aromatic carbocycles. The summed E-state index contributed by atoms with van der Waals surface area (Å²) in [7, 11) is 0. The van der Waals surface area contributed by atoms with Crippen molar-refractivity contribution in [3.8, 4) is 0 Å². The van der Waals surface area contributed by atoms with Crippen molar-refractivity contribution in [1.82, 2.24) is 0 Å². The van der Waals surface area contributed by atoms with Crippen LogP contribution in [0.4, 0.5) is 0 Å². The van der Waals surface area contributed by atoms with Crippen LogP contribution in [-0.4, -0.2) is 14.7 Å². The van der Waals surface area contributed by atoms with Gasteiger partial charge in [-0.3, -0.25) is 0 Å². The normalized spacial score (nSPS) is 12.7. The van der Waals surface area contributed by atoms with Crippen LogP contribution < -0.4 is 0 Å². The Labute approximate surface area is 64.3 Å². The van der Waals surface area contributed by atoms with Crippen LogP contribution in [0.25, 0.3) is 0 Å². The minimum atomic E-state index is -0.444. The molecular formula is C8H19As. The fourth-order valence-electron chi connectivity index (χ4n) is 1.17. The first kappa shape index (κ1) is 9.56. The van der Waals surface area contributed by atoms with Gasteiger partial charge in [-0.1, -0.05) is 0 Å². The summed E-state index contributed by atoms with van der Waals surface area (Å²) in [6.07, 6.45) is 0. The molecule has 0 aromatic heterocycles. The van der Waals surface area contributed by atoms with Crippen LogP contribution in [-0.2, 0) is 0 Å². The van der Waals surface area contributed by atoms with Crippen molar-refractivity contribution in [2.75, 3.05) is 0 Å².